The first-order valence-electron chi connectivity index (χ1n) is 5.61. The lowest BCUT2D eigenvalue weighted by molar-refractivity contribution is -0.107. The first kappa shape index (κ1) is 14.4. The SMILES string of the molecule is C=C(C)C(=O)SC(C)SCCc1ccccc1. The summed E-state index contributed by atoms with van der Waals surface area (Å²) in [6, 6.07) is 10.4. The third-order valence-corrected chi connectivity index (χ3v) is 4.71. The molecular weight excluding hydrogens is 248 g/mol. The number of hydrogen-bond donors (Lipinski definition) is 0. The lowest BCUT2D eigenvalue weighted by Gasteiger charge is -2.09. The molecule has 0 radical (unpaired) electrons. The Hall–Kier alpha value is -0.670. The lowest BCUT2D eigenvalue weighted by atomic mass is 10.2. The van der Waals surface area contributed by atoms with Crippen LogP contribution in [0.25, 0.3) is 0 Å². The van der Waals surface area contributed by atoms with Gasteiger partial charge in [-0.2, -0.15) is 0 Å². The predicted molar refractivity (Wildman–Crippen MR) is 79.5 cm³/mol. The van der Waals surface area contributed by atoms with Gasteiger partial charge in [-0.25, -0.2) is 0 Å². The van der Waals surface area contributed by atoms with Crippen molar-refractivity contribution >= 4 is 28.6 Å². The number of benzene rings is 1. The average Bonchev–Trinajstić information content (AvgIpc) is 2.30. The third kappa shape index (κ3) is 5.99. The normalized spacial score (nSPS) is 12.1. The van der Waals surface area contributed by atoms with E-state index in [1.54, 1.807) is 6.92 Å². The van der Waals surface area contributed by atoms with Gasteiger partial charge in [0.1, 0.15) is 0 Å². The molecule has 0 aliphatic carbocycles. The first-order valence-corrected chi connectivity index (χ1v) is 7.54. The summed E-state index contributed by atoms with van der Waals surface area (Å²) in [6.07, 6.45) is 1.05. The van der Waals surface area contributed by atoms with Crippen molar-refractivity contribution in [1.82, 2.24) is 0 Å². The van der Waals surface area contributed by atoms with E-state index in [0.717, 1.165) is 12.2 Å². The van der Waals surface area contributed by atoms with Crippen LogP contribution in [-0.2, 0) is 11.2 Å². The molecule has 1 atom stereocenters. The van der Waals surface area contributed by atoms with Crippen LogP contribution in [0.5, 0.6) is 0 Å². The molecule has 17 heavy (non-hydrogen) atoms. The summed E-state index contributed by atoms with van der Waals surface area (Å²) in [7, 11) is 0. The fourth-order valence-electron chi connectivity index (χ4n) is 1.27. The molecule has 1 unspecified atom stereocenters. The fourth-order valence-corrected chi connectivity index (χ4v) is 3.28. The molecule has 0 saturated heterocycles. The highest BCUT2D eigenvalue weighted by molar-refractivity contribution is 8.25. The summed E-state index contributed by atoms with van der Waals surface area (Å²) >= 11 is 3.19. The Balaban J connectivity index is 2.23. The molecule has 0 amide bonds. The van der Waals surface area contributed by atoms with E-state index < -0.39 is 0 Å². The number of carbonyl (C=O) groups excluding carboxylic acids is 1. The molecule has 0 N–H and O–H groups in total. The smallest absolute Gasteiger partial charge is 0.215 e. The molecule has 1 aromatic carbocycles. The van der Waals surface area contributed by atoms with Gasteiger partial charge < -0.3 is 0 Å². The highest BCUT2D eigenvalue weighted by Crippen LogP contribution is 2.26. The van der Waals surface area contributed by atoms with Gasteiger partial charge in [-0.05, 0) is 37.2 Å². The summed E-state index contributed by atoms with van der Waals surface area (Å²) in [5.74, 6) is 1.04. The maximum Gasteiger partial charge on any atom is 0.215 e. The number of aryl methyl sites for hydroxylation is 1. The second-order valence-electron chi connectivity index (χ2n) is 3.86. The van der Waals surface area contributed by atoms with Crippen molar-refractivity contribution in [2.24, 2.45) is 0 Å². The largest absolute Gasteiger partial charge is 0.282 e. The van der Waals surface area contributed by atoms with E-state index in [1.807, 2.05) is 17.8 Å². The molecule has 0 aromatic heterocycles. The highest BCUT2D eigenvalue weighted by atomic mass is 32.2. The quantitative estimate of drug-likeness (QED) is 0.569. The van der Waals surface area contributed by atoms with Gasteiger partial charge in [0, 0.05) is 0 Å². The average molecular weight is 266 g/mol. The van der Waals surface area contributed by atoms with Crippen LogP contribution in [0.4, 0.5) is 0 Å². The minimum absolute atomic E-state index is 0.102. The summed E-state index contributed by atoms with van der Waals surface area (Å²) < 4.78 is 0.294. The molecular formula is C14H18OS2. The van der Waals surface area contributed by atoms with Crippen molar-refractivity contribution in [2.45, 2.75) is 24.9 Å². The summed E-state index contributed by atoms with van der Waals surface area (Å²) in [5.41, 5.74) is 1.98. The van der Waals surface area contributed by atoms with Crippen LogP contribution < -0.4 is 0 Å². The van der Waals surface area contributed by atoms with Crippen LogP contribution in [0.1, 0.15) is 19.4 Å². The molecule has 0 bridgehead atoms. The van der Waals surface area contributed by atoms with Crippen molar-refractivity contribution in [3.8, 4) is 0 Å². The molecule has 0 spiro atoms. The van der Waals surface area contributed by atoms with E-state index in [2.05, 4.69) is 37.8 Å². The van der Waals surface area contributed by atoms with E-state index in [0.29, 0.717) is 10.2 Å². The van der Waals surface area contributed by atoms with Gasteiger partial charge in [-0.15, -0.1) is 11.8 Å². The first-order chi connectivity index (χ1) is 8.09. The molecule has 0 saturated carbocycles. The Morgan fingerprint density at radius 2 is 2.00 bits per heavy atom. The molecule has 0 aliphatic heterocycles. The Labute approximate surface area is 112 Å². The fraction of sp³-hybridized carbons (Fsp3) is 0.357. The monoisotopic (exact) mass is 266 g/mol. The van der Waals surface area contributed by atoms with Crippen molar-refractivity contribution < 1.29 is 4.79 Å². The van der Waals surface area contributed by atoms with Crippen molar-refractivity contribution in [2.75, 3.05) is 5.75 Å². The Morgan fingerprint density at radius 3 is 2.59 bits per heavy atom. The van der Waals surface area contributed by atoms with Crippen LogP contribution in [0.3, 0.4) is 0 Å². The van der Waals surface area contributed by atoms with Crippen molar-refractivity contribution in [1.29, 1.82) is 0 Å². The van der Waals surface area contributed by atoms with E-state index in [4.69, 9.17) is 0 Å². The topological polar surface area (TPSA) is 17.1 Å². The van der Waals surface area contributed by atoms with Crippen molar-refractivity contribution in [3.63, 3.8) is 0 Å². The van der Waals surface area contributed by atoms with Crippen LogP contribution in [0.2, 0.25) is 0 Å². The van der Waals surface area contributed by atoms with Gasteiger partial charge in [0.25, 0.3) is 0 Å². The van der Waals surface area contributed by atoms with Crippen molar-refractivity contribution in [3.05, 3.63) is 48.0 Å². The van der Waals surface area contributed by atoms with Crippen LogP contribution in [0.15, 0.2) is 42.5 Å². The maximum absolute atomic E-state index is 11.4. The van der Waals surface area contributed by atoms with E-state index in [9.17, 15) is 4.79 Å². The summed E-state index contributed by atoms with van der Waals surface area (Å²) in [6.45, 7) is 7.49. The van der Waals surface area contributed by atoms with Gasteiger partial charge in [0.2, 0.25) is 5.12 Å². The van der Waals surface area contributed by atoms with Gasteiger partial charge in [0.15, 0.2) is 0 Å². The zero-order valence-electron chi connectivity index (χ0n) is 10.3. The minimum Gasteiger partial charge on any atom is -0.282 e. The number of thioether (sulfide) groups is 2. The van der Waals surface area contributed by atoms with Gasteiger partial charge in [-0.1, -0.05) is 48.7 Å². The second-order valence-corrected chi connectivity index (χ2v) is 6.92. The number of rotatable bonds is 6. The number of hydrogen-bond acceptors (Lipinski definition) is 3. The predicted octanol–water partition coefficient (Wildman–Crippen LogP) is 4.14. The van der Waals surface area contributed by atoms with E-state index in [1.165, 1.54) is 17.3 Å². The molecule has 1 nitrogen and oxygen atoms in total. The Morgan fingerprint density at radius 1 is 1.35 bits per heavy atom. The minimum atomic E-state index is 0.102. The van der Waals surface area contributed by atoms with Gasteiger partial charge >= 0.3 is 0 Å². The molecule has 92 valence electrons. The Kier molecular flexibility index (Phi) is 6.45. The molecule has 1 aromatic rings. The maximum atomic E-state index is 11.4. The van der Waals surface area contributed by atoms with Gasteiger partial charge in [-0.3, -0.25) is 4.79 Å². The molecule has 0 aliphatic rings. The standard InChI is InChI=1S/C14H18OS2/c1-11(2)14(15)17-12(3)16-10-9-13-7-5-4-6-8-13/h4-8,12H,1,9-10H2,2-3H3. The van der Waals surface area contributed by atoms with Crippen LogP contribution in [0, 0.1) is 0 Å². The Bertz CT molecular complexity index is 373. The second kappa shape index (κ2) is 7.62. The van der Waals surface area contributed by atoms with Crippen LogP contribution in [-0.4, -0.2) is 15.5 Å². The zero-order valence-corrected chi connectivity index (χ0v) is 11.9. The molecule has 0 heterocycles. The third-order valence-electron chi connectivity index (χ3n) is 2.21. The lowest BCUT2D eigenvalue weighted by Crippen LogP contribution is -2.01. The molecule has 1 rings (SSSR count). The zero-order chi connectivity index (χ0) is 12.7. The van der Waals surface area contributed by atoms with E-state index in [-0.39, 0.29) is 5.12 Å². The summed E-state index contributed by atoms with van der Waals surface area (Å²) in [5, 5.41) is 0.102. The van der Waals surface area contributed by atoms with Crippen LogP contribution >= 0.6 is 23.5 Å². The van der Waals surface area contributed by atoms with E-state index >= 15 is 0 Å². The highest BCUT2D eigenvalue weighted by Gasteiger charge is 2.10. The number of carbonyl (C=O) groups is 1. The van der Waals surface area contributed by atoms with Gasteiger partial charge in [0.05, 0.1) is 4.58 Å². The summed E-state index contributed by atoms with van der Waals surface area (Å²) in [4.78, 5) is 11.4. The molecule has 0 fully saturated rings. The molecule has 3 heteroatoms.